The third kappa shape index (κ3) is 5.54. The van der Waals surface area contributed by atoms with E-state index >= 15 is 0 Å². The minimum Gasteiger partial charge on any atom is -0.490 e. The Morgan fingerprint density at radius 3 is 2.42 bits per heavy atom. The zero-order chi connectivity index (χ0) is 19.5. The van der Waals surface area contributed by atoms with E-state index in [9.17, 15) is 8.42 Å². The van der Waals surface area contributed by atoms with Crippen molar-refractivity contribution in [2.75, 3.05) is 12.9 Å². The fourth-order valence-corrected chi connectivity index (χ4v) is 3.89. The molecule has 0 spiro atoms. The second kappa shape index (κ2) is 7.76. The smallest absolute Gasteiger partial charge is 0.179 e. The zero-order valence-corrected chi connectivity index (χ0v) is 16.9. The lowest BCUT2D eigenvalue weighted by atomic mass is 9.93. The Morgan fingerprint density at radius 2 is 1.85 bits per heavy atom. The Hall–Kier alpha value is -1.92. The summed E-state index contributed by atoms with van der Waals surface area (Å²) in [6, 6.07) is 8.98. The third-order valence-corrected chi connectivity index (χ3v) is 5.12. The molecular formula is C20H28N2O3S. The summed E-state index contributed by atoms with van der Waals surface area (Å²) in [6.07, 6.45) is 3.68. The second-order valence-electron chi connectivity index (χ2n) is 7.66. The maximum absolute atomic E-state index is 12.3. The topological polar surface area (TPSA) is 82.3 Å². The fourth-order valence-electron chi connectivity index (χ4n) is 3.06. The number of nitrogens with zero attached hydrogens (tertiary/aromatic N) is 1. The van der Waals surface area contributed by atoms with Gasteiger partial charge in [-0.05, 0) is 61.6 Å². The third-order valence-electron chi connectivity index (χ3n) is 4.01. The van der Waals surface area contributed by atoms with E-state index in [2.05, 4.69) is 18.8 Å². The average molecular weight is 377 g/mol. The minimum absolute atomic E-state index is 0.171. The predicted octanol–water partition coefficient (Wildman–Crippen LogP) is 3.60. The van der Waals surface area contributed by atoms with Crippen LogP contribution in [0.5, 0.6) is 5.75 Å². The lowest BCUT2D eigenvalue weighted by molar-refractivity contribution is 0.203. The lowest BCUT2D eigenvalue weighted by Crippen LogP contribution is -2.43. The van der Waals surface area contributed by atoms with Gasteiger partial charge in [-0.25, -0.2) is 8.42 Å². The second-order valence-corrected chi connectivity index (χ2v) is 9.64. The molecule has 26 heavy (non-hydrogen) atoms. The van der Waals surface area contributed by atoms with E-state index in [4.69, 9.17) is 10.5 Å². The minimum atomic E-state index is -3.45. The Kier molecular flexibility index (Phi) is 6.09. The zero-order valence-electron chi connectivity index (χ0n) is 16.1. The van der Waals surface area contributed by atoms with Gasteiger partial charge in [0.25, 0.3) is 0 Å². The van der Waals surface area contributed by atoms with Gasteiger partial charge in [0.1, 0.15) is 17.3 Å². The molecule has 1 heterocycles. The van der Waals surface area contributed by atoms with Gasteiger partial charge in [0, 0.05) is 23.7 Å². The molecule has 142 valence electrons. The van der Waals surface area contributed by atoms with Crippen molar-refractivity contribution in [1.29, 1.82) is 0 Å². The van der Waals surface area contributed by atoms with Crippen LogP contribution < -0.4 is 10.5 Å². The molecule has 2 aromatic rings. The SMILES string of the molecule is Cc1cc(-c2ccc(OC[C@@](C)(N)CC(C)C)c(S(C)(=O)=O)c2)ccn1. The molecule has 2 rings (SSSR count). The molecule has 6 heteroatoms. The van der Waals surface area contributed by atoms with Crippen LogP contribution in [0.15, 0.2) is 41.4 Å². The average Bonchev–Trinajstić information content (AvgIpc) is 2.51. The number of ether oxygens (including phenoxy) is 1. The van der Waals surface area contributed by atoms with Gasteiger partial charge in [-0.3, -0.25) is 4.98 Å². The number of hydrogen-bond acceptors (Lipinski definition) is 5. The van der Waals surface area contributed by atoms with Crippen molar-refractivity contribution in [3.63, 3.8) is 0 Å². The number of nitrogens with two attached hydrogens (primary N) is 1. The van der Waals surface area contributed by atoms with Gasteiger partial charge >= 0.3 is 0 Å². The highest BCUT2D eigenvalue weighted by atomic mass is 32.2. The highest BCUT2D eigenvalue weighted by molar-refractivity contribution is 7.90. The number of aryl methyl sites for hydroxylation is 1. The van der Waals surface area contributed by atoms with Gasteiger partial charge in [-0.15, -0.1) is 0 Å². The van der Waals surface area contributed by atoms with Crippen LogP contribution in [0.4, 0.5) is 0 Å². The monoisotopic (exact) mass is 376 g/mol. The summed E-state index contributed by atoms with van der Waals surface area (Å²) >= 11 is 0. The first kappa shape index (κ1) is 20.4. The molecule has 1 aromatic carbocycles. The first-order chi connectivity index (χ1) is 12.0. The van der Waals surface area contributed by atoms with Crippen molar-refractivity contribution in [3.8, 4) is 16.9 Å². The van der Waals surface area contributed by atoms with Gasteiger partial charge in [-0.2, -0.15) is 0 Å². The van der Waals surface area contributed by atoms with Crippen molar-refractivity contribution in [2.45, 2.75) is 44.6 Å². The van der Waals surface area contributed by atoms with Crippen LogP contribution in [0.3, 0.4) is 0 Å². The first-order valence-corrected chi connectivity index (χ1v) is 10.6. The maximum atomic E-state index is 12.3. The number of hydrogen-bond donors (Lipinski definition) is 1. The highest BCUT2D eigenvalue weighted by Gasteiger charge is 2.23. The van der Waals surface area contributed by atoms with Gasteiger partial charge < -0.3 is 10.5 Å². The molecule has 1 atom stereocenters. The van der Waals surface area contributed by atoms with Gasteiger partial charge in [0.2, 0.25) is 0 Å². The number of aromatic nitrogens is 1. The molecule has 1 aromatic heterocycles. The predicted molar refractivity (Wildman–Crippen MR) is 105 cm³/mol. The van der Waals surface area contributed by atoms with Crippen molar-refractivity contribution in [3.05, 3.63) is 42.2 Å². The molecule has 0 aliphatic rings. The summed E-state index contributed by atoms with van der Waals surface area (Å²) in [5.41, 5.74) is 8.35. The van der Waals surface area contributed by atoms with Crippen molar-refractivity contribution in [2.24, 2.45) is 11.7 Å². The highest BCUT2D eigenvalue weighted by Crippen LogP contribution is 2.31. The Morgan fingerprint density at radius 1 is 1.19 bits per heavy atom. The van der Waals surface area contributed by atoms with E-state index in [1.54, 1.807) is 18.3 Å². The van der Waals surface area contributed by atoms with Crippen LogP contribution >= 0.6 is 0 Å². The van der Waals surface area contributed by atoms with Gasteiger partial charge in [0.05, 0.1) is 0 Å². The van der Waals surface area contributed by atoms with Crippen molar-refractivity contribution < 1.29 is 13.2 Å². The summed E-state index contributed by atoms with van der Waals surface area (Å²) in [6.45, 7) is 8.26. The molecule has 0 unspecified atom stereocenters. The van der Waals surface area contributed by atoms with Crippen LogP contribution in [0, 0.1) is 12.8 Å². The van der Waals surface area contributed by atoms with E-state index in [1.807, 2.05) is 32.0 Å². The van der Waals surface area contributed by atoms with Crippen LogP contribution in [-0.2, 0) is 9.84 Å². The lowest BCUT2D eigenvalue weighted by Gasteiger charge is -2.27. The van der Waals surface area contributed by atoms with Crippen LogP contribution in [-0.4, -0.2) is 31.8 Å². The molecular weight excluding hydrogens is 348 g/mol. The number of rotatable bonds is 7. The molecule has 0 aliphatic carbocycles. The standard InChI is InChI=1S/C20H28N2O3S/c1-14(2)12-20(4,21)13-25-18-7-6-16(11-19(18)26(5,23)24)17-8-9-22-15(3)10-17/h6-11,14H,12-13,21H2,1-5H3/t20-/m0/s1. The number of pyridine rings is 1. The summed E-state index contributed by atoms with van der Waals surface area (Å²) in [5.74, 6) is 0.766. The molecule has 0 radical (unpaired) electrons. The van der Waals surface area contributed by atoms with Crippen molar-refractivity contribution >= 4 is 9.84 Å². The fraction of sp³-hybridized carbons (Fsp3) is 0.450. The number of benzene rings is 1. The van der Waals surface area contributed by atoms with E-state index in [0.29, 0.717) is 11.7 Å². The molecule has 0 saturated heterocycles. The van der Waals surface area contributed by atoms with Gasteiger partial charge in [-0.1, -0.05) is 19.9 Å². The van der Waals surface area contributed by atoms with Crippen LogP contribution in [0.2, 0.25) is 0 Å². The molecule has 0 bridgehead atoms. The Balaban J connectivity index is 2.36. The molecule has 0 fully saturated rings. The number of sulfone groups is 1. The van der Waals surface area contributed by atoms with E-state index < -0.39 is 15.4 Å². The maximum Gasteiger partial charge on any atom is 0.179 e. The summed E-state index contributed by atoms with van der Waals surface area (Å²) in [4.78, 5) is 4.35. The Bertz CT molecular complexity index is 874. The van der Waals surface area contributed by atoms with Crippen molar-refractivity contribution in [1.82, 2.24) is 4.98 Å². The molecule has 0 amide bonds. The van der Waals surface area contributed by atoms with E-state index in [1.165, 1.54) is 6.26 Å². The van der Waals surface area contributed by atoms with E-state index in [-0.39, 0.29) is 11.5 Å². The normalized spacial score (nSPS) is 14.3. The molecule has 2 N–H and O–H groups in total. The summed E-state index contributed by atoms with van der Waals surface area (Å²) in [5, 5.41) is 0. The van der Waals surface area contributed by atoms with E-state index in [0.717, 1.165) is 23.2 Å². The largest absolute Gasteiger partial charge is 0.490 e. The summed E-state index contributed by atoms with van der Waals surface area (Å²) in [7, 11) is -3.45. The first-order valence-electron chi connectivity index (χ1n) is 8.67. The molecule has 0 saturated carbocycles. The van der Waals surface area contributed by atoms with Gasteiger partial charge in [0.15, 0.2) is 9.84 Å². The molecule has 5 nitrogen and oxygen atoms in total. The molecule has 0 aliphatic heterocycles. The Labute approximate surface area is 156 Å². The quantitative estimate of drug-likeness (QED) is 0.798. The van der Waals surface area contributed by atoms with Crippen LogP contribution in [0.1, 0.15) is 32.9 Å². The van der Waals surface area contributed by atoms with Crippen LogP contribution in [0.25, 0.3) is 11.1 Å². The summed E-state index contributed by atoms with van der Waals surface area (Å²) < 4.78 is 30.4.